The van der Waals surface area contributed by atoms with Gasteiger partial charge in [0.1, 0.15) is 0 Å². The van der Waals surface area contributed by atoms with Gasteiger partial charge >= 0.3 is 0 Å². The molecule has 2 fully saturated rings. The van der Waals surface area contributed by atoms with Crippen LogP contribution >= 0.6 is 11.8 Å². The molecule has 0 unspecified atom stereocenters. The van der Waals surface area contributed by atoms with Gasteiger partial charge in [-0.1, -0.05) is 6.42 Å². The topological polar surface area (TPSA) is 15.3 Å². The Balaban J connectivity index is 1.47. The van der Waals surface area contributed by atoms with Crippen molar-refractivity contribution >= 4 is 11.8 Å². The second kappa shape index (κ2) is 7.57. The predicted octanol–water partition coefficient (Wildman–Crippen LogP) is 2.35. The van der Waals surface area contributed by atoms with E-state index in [0.29, 0.717) is 0 Å². The molecule has 3 heteroatoms. The van der Waals surface area contributed by atoms with Gasteiger partial charge in [-0.15, -0.1) is 0 Å². The highest BCUT2D eigenvalue weighted by molar-refractivity contribution is 7.99. The molecule has 2 aliphatic rings. The minimum Gasteiger partial charge on any atom is -0.314 e. The summed E-state index contributed by atoms with van der Waals surface area (Å²) in [4.78, 5) is 2.64. The molecule has 0 bridgehead atoms. The predicted molar refractivity (Wildman–Crippen MR) is 73.3 cm³/mol. The van der Waals surface area contributed by atoms with Crippen LogP contribution in [0, 0.1) is 0 Å². The summed E-state index contributed by atoms with van der Waals surface area (Å²) in [7, 11) is 0. The van der Waals surface area contributed by atoms with Crippen LogP contribution in [0.25, 0.3) is 0 Å². The maximum absolute atomic E-state index is 3.72. The zero-order chi connectivity index (χ0) is 11.1. The third-order valence-electron chi connectivity index (χ3n) is 3.75. The number of hydrogen-bond acceptors (Lipinski definition) is 3. The van der Waals surface area contributed by atoms with E-state index < -0.39 is 0 Å². The summed E-state index contributed by atoms with van der Waals surface area (Å²) in [6.07, 6.45) is 8.40. The Morgan fingerprint density at radius 2 is 1.81 bits per heavy atom. The Bertz CT molecular complexity index is 155. The maximum atomic E-state index is 3.72. The first kappa shape index (κ1) is 12.7. The van der Waals surface area contributed by atoms with E-state index in [1.54, 1.807) is 0 Å². The summed E-state index contributed by atoms with van der Waals surface area (Å²) < 4.78 is 0. The van der Waals surface area contributed by atoms with Crippen LogP contribution in [0.2, 0.25) is 0 Å². The molecule has 0 atom stereocenters. The molecule has 0 aromatic heterocycles. The summed E-state index contributed by atoms with van der Waals surface area (Å²) in [6.45, 7) is 5.24. The zero-order valence-electron chi connectivity index (χ0n) is 10.4. The second-order valence-corrected chi connectivity index (χ2v) is 6.32. The molecule has 0 aromatic carbocycles. The molecule has 2 saturated heterocycles. The van der Waals surface area contributed by atoms with Gasteiger partial charge in [0.2, 0.25) is 0 Å². The minimum atomic E-state index is 0.822. The molecule has 16 heavy (non-hydrogen) atoms. The maximum Gasteiger partial charge on any atom is 0.00827 e. The molecule has 0 aromatic rings. The molecule has 0 aliphatic carbocycles. The van der Waals surface area contributed by atoms with Crippen LogP contribution in [-0.4, -0.2) is 48.6 Å². The Kier molecular flexibility index (Phi) is 6.02. The molecule has 1 N–H and O–H groups in total. The van der Waals surface area contributed by atoms with Crippen LogP contribution < -0.4 is 5.32 Å². The number of thioether (sulfide) groups is 1. The molecule has 2 rings (SSSR count). The van der Waals surface area contributed by atoms with Crippen molar-refractivity contribution < 1.29 is 0 Å². The molecule has 2 heterocycles. The Hall–Kier alpha value is 0.270. The van der Waals surface area contributed by atoms with Gasteiger partial charge in [0.25, 0.3) is 0 Å². The number of nitrogens with zero attached hydrogens (tertiary/aromatic N) is 1. The molecule has 2 nitrogen and oxygen atoms in total. The smallest absolute Gasteiger partial charge is 0.00827 e. The quantitative estimate of drug-likeness (QED) is 0.745. The molecular weight excluding hydrogens is 216 g/mol. The van der Waals surface area contributed by atoms with Crippen molar-refractivity contribution in [3.8, 4) is 0 Å². The largest absolute Gasteiger partial charge is 0.314 e. The van der Waals surface area contributed by atoms with Crippen molar-refractivity contribution in [3.05, 3.63) is 0 Å². The highest BCUT2D eigenvalue weighted by Crippen LogP contribution is 2.16. The van der Waals surface area contributed by atoms with Crippen LogP contribution in [0.4, 0.5) is 0 Å². The molecule has 0 radical (unpaired) electrons. The van der Waals surface area contributed by atoms with Crippen molar-refractivity contribution in [2.24, 2.45) is 0 Å². The molecule has 2 aliphatic heterocycles. The van der Waals surface area contributed by atoms with Gasteiger partial charge in [-0.2, -0.15) is 11.8 Å². The Morgan fingerprint density at radius 3 is 2.56 bits per heavy atom. The third-order valence-corrected chi connectivity index (χ3v) is 4.80. The van der Waals surface area contributed by atoms with E-state index in [1.807, 2.05) is 0 Å². The lowest BCUT2D eigenvalue weighted by molar-refractivity contribution is 0.224. The van der Waals surface area contributed by atoms with Crippen molar-refractivity contribution in [1.82, 2.24) is 10.2 Å². The molecular formula is C13H26N2S. The fraction of sp³-hybridized carbons (Fsp3) is 1.00. The van der Waals surface area contributed by atoms with E-state index in [0.717, 1.165) is 6.04 Å². The highest BCUT2D eigenvalue weighted by atomic mass is 32.2. The van der Waals surface area contributed by atoms with Gasteiger partial charge in [0.15, 0.2) is 0 Å². The molecule has 0 amide bonds. The first-order valence-electron chi connectivity index (χ1n) is 6.98. The van der Waals surface area contributed by atoms with Crippen molar-refractivity contribution in [1.29, 1.82) is 0 Å². The van der Waals surface area contributed by atoms with Gasteiger partial charge in [0.05, 0.1) is 0 Å². The second-order valence-electron chi connectivity index (χ2n) is 5.10. The minimum absolute atomic E-state index is 0.822. The van der Waals surface area contributed by atoms with Crippen molar-refractivity contribution in [2.75, 3.05) is 37.7 Å². The van der Waals surface area contributed by atoms with Crippen LogP contribution in [0.5, 0.6) is 0 Å². The van der Waals surface area contributed by atoms with Crippen LogP contribution in [-0.2, 0) is 0 Å². The summed E-state index contributed by atoms with van der Waals surface area (Å²) in [5, 5.41) is 3.72. The van der Waals surface area contributed by atoms with Crippen LogP contribution in [0.1, 0.15) is 38.5 Å². The SMILES string of the molecule is C1CCN(CCCNC2CCSCC2)CC1. The highest BCUT2D eigenvalue weighted by Gasteiger charge is 2.13. The third kappa shape index (κ3) is 4.64. The summed E-state index contributed by atoms with van der Waals surface area (Å²) in [6, 6.07) is 0.822. The number of piperidine rings is 1. The monoisotopic (exact) mass is 242 g/mol. The first-order chi connectivity index (χ1) is 7.95. The van der Waals surface area contributed by atoms with E-state index in [2.05, 4.69) is 22.0 Å². The van der Waals surface area contributed by atoms with E-state index in [1.165, 1.54) is 76.2 Å². The molecule has 94 valence electrons. The fourth-order valence-electron chi connectivity index (χ4n) is 2.69. The zero-order valence-corrected chi connectivity index (χ0v) is 11.2. The normalized spacial score (nSPS) is 24.8. The lowest BCUT2D eigenvalue weighted by Crippen LogP contribution is -2.36. The van der Waals surface area contributed by atoms with Gasteiger partial charge in [-0.3, -0.25) is 0 Å². The lowest BCUT2D eigenvalue weighted by Gasteiger charge is -2.27. The first-order valence-corrected chi connectivity index (χ1v) is 8.14. The Morgan fingerprint density at radius 1 is 1.06 bits per heavy atom. The van der Waals surface area contributed by atoms with Gasteiger partial charge in [0, 0.05) is 6.04 Å². The summed E-state index contributed by atoms with van der Waals surface area (Å²) >= 11 is 2.11. The van der Waals surface area contributed by atoms with E-state index in [4.69, 9.17) is 0 Å². The fourth-order valence-corrected chi connectivity index (χ4v) is 3.80. The van der Waals surface area contributed by atoms with Gasteiger partial charge in [-0.05, 0) is 69.8 Å². The van der Waals surface area contributed by atoms with Gasteiger partial charge < -0.3 is 10.2 Å². The summed E-state index contributed by atoms with van der Waals surface area (Å²) in [5.41, 5.74) is 0. The average molecular weight is 242 g/mol. The van der Waals surface area contributed by atoms with E-state index in [9.17, 15) is 0 Å². The van der Waals surface area contributed by atoms with Gasteiger partial charge in [-0.25, -0.2) is 0 Å². The lowest BCUT2D eigenvalue weighted by atomic mass is 10.1. The molecule has 0 spiro atoms. The van der Waals surface area contributed by atoms with E-state index >= 15 is 0 Å². The average Bonchev–Trinajstić information content (AvgIpc) is 2.37. The molecule has 0 saturated carbocycles. The number of nitrogens with one attached hydrogen (secondary N) is 1. The van der Waals surface area contributed by atoms with Crippen LogP contribution in [0.15, 0.2) is 0 Å². The number of rotatable bonds is 5. The summed E-state index contributed by atoms with van der Waals surface area (Å²) in [5.74, 6) is 2.73. The number of likely N-dealkylation sites (tertiary alicyclic amines) is 1. The van der Waals surface area contributed by atoms with Crippen molar-refractivity contribution in [2.45, 2.75) is 44.6 Å². The number of hydrogen-bond donors (Lipinski definition) is 1. The Labute approximate surface area is 105 Å². The van der Waals surface area contributed by atoms with E-state index in [-0.39, 0.29) is 0 Å². The van der Waals surface area contributed by atoms with Crippen molar-refractivity contribution in [3.63, 3.8) is 0 Å². The van der Waals surface area contributed by atoms with Crippen LogP contribution in [0.3, 0.4) is 0 Å². The standard InChI is InChI=1S/C13H26N2S/c1-2-8-15(9-3-1)10-4-7-14-13-5-11-16-12-6-13/h13-14H,1-12H2.